The number of hydrogen-bond donors (Lipinski definition) is 3. The lowest BCUT2D eigenvalue weighted by Crippen LogP contribution is -2.36. The molecule has 0 radical (unpaired) electrons. The molecule has 10 heteroatoms. The molecule has 1 aliphatic heterocycles. The predicted octanol–water partition coefficient (Wildman–Crippen LogP) is 6.38. The van der Waals surface area contributed by atoms with Crippen LogP contribution in [0.15, 0.2) is 85.6 Å². The lowest BCUT2D eigenvalue weighted by Gasteiger charge is -2.30. The fraction of sp³-hybridized carbons (Fsp3) is 0.138. The first kappa shape index (κ1) is 26.1. The van der Waals surface area contributed by atoms with Gasteiger partial charge in [0.1, 0.15) is 5.82 Å². The Morgan fingerprint density at radius 3 is 2.56 bits per heavy atom. The molecule has 3 N–H and O–H groups in total. The average Bonchev–Trinajstić information content (AvgIpc) is 2.95. The van der Waals surface area contributed by atoms with Crippen molar-refractivity contribution in [2.45, 2.75) is 0 Å². The molecule has 1 aromatic heterocycles. The first-order valence-electron chi connectivity index (χ1n) is 12.3. The Labute approximate surface area is 230 Å². The van der Waals surface area contributed by atoms with Gasteiger partial charge in [0.05, 0.1) is 41.5 Å². The van der Waals surface area contributed by atoms with Gasteiger partial charge >= 0.3 is 0 Å². The largest absolute Gasteiger partial charge is 0.378 e. The molecular formula is C29H26ClFN6O2. The number of rotatable bonds is 8. The van der Waals surface area contributed by atoms with Gasteiger partial charge in [0, 0.05) is 35.7 Å². The highest BCUT2D eigenvalue weighted by Crippen LogP contribution is 2.34. The summed E-state index contributed by atoms with van der Waals surface area (Å²) in [5.74, 6) is -0.670. The number of amides is 1. The highest BCUT2D eigenvalue weighted by molar-refractivity contribution is 6.33. The van der Waals surface area contributed by atoms with E-state index in [1.54, 1.807) is 12.3 Å². The third kappa shape index (κ3) is 6.51. The third-order valence-electron chi connectivity index (χ3n) is 6.02. The van der Waals surface area contributed by atoms with E-state index in [4.69, 9.17) is 21.3 Å². The van der Waals surface area contributed by atoms with E-state index in [2.05, 4.69) is 32.4 Å². The molecule has 1 saturated heterocycles. The molecule has 0 saturated carbocycles. The maximum atomic E-state index is 14.7. The molecule has 2 heterocycles. The number of benzene rings is 3. The Morgan fingerprint density at radius 1 is 1.00 bits per heavy atom. The van der Waals surface area contributed by atoms with Crippen LogP contribution in [0.3, 0.4) is 0 Å². The molecule has 3 aromatic carbocycles. The third-order valence-corrected chi connectivity index (χ3v) is 6.34. The average molecular weight is 545 g/mol. The van der Waals surface area contributed by atoms with Gasteiger partial charge in [-0.05, 0) is 54.6 Å². The lowest BCUT2D eigenvalue weighted by atomic mass is 10.1. The predicted molar refractivity (Wildman–Crippen MR) is 154 cm³/mol. The van der Waals surface area contributed by atoms with Crippen molar-refractivity contribution in [2.75, 3.05) is 47.2 Å². The molecule has 0 bridgehead atoms. The summed E-state index contributed by atoms with van der Waals surface area (Å²) in [4.78, 5) is 23.2. The number of anilines is 6. The van der Waals surface area contributed by atoms with E-state index in [1.807, 2.05) is 48.5 Å². The topological polar surface area (TPSA) is 91.4 Å². The Morgan fingerprint density at radius 2 is 1.79 bits per heavy atom. The van der Waals surface area contributed by atoms with Gasteiger partial charge in [0.2, 0.25) is 11.9 Å². The van der Waals surface area contributed by atoms with Crippen LogP contribution in [-0.2, 0) is 9.53 Å². The molecular weight excluding hydrogens is 519 g/mol. The van der Waals surface area contributed by atoms with Crippen molar-refractivity contribution in [1.29, 1.82) is 0 Å². The van der Waals surface area contributed by atoms with Gasteiger partial charge in [-0.15, -0.1) is 0 Å². The van der Waals surface area contributed by atoms with Crippen LogP contribution in [0.4, 0.5) is 38.8 Å². The standard InChI is InChI=1S/C29H26ClFN6O2/c1-2-27(38)34-23-15-19(14-20(31)16-23)28-25(33-21-6-4-3-5-7-21)18-32-29(36-28)35-22-8-9-24(30)26(17-22)37-10-12-39-13-11-37/h2-9,14-18,33H,1,10-13H2,(H,34,38)(H,32,35,36). The zero-order valence-electron chi connectivity index (χ0n) is 21.0. The van der Waals surface area contributed by atoms with E-state index in [0.29, 0.717) is 41.1 Å². The number of carbonyl (C=O) groups is 1. The molecule has 8 nitrogen and oxygen atoms in total. The molecule has 1 amide bonds. The van der Waals surface area contributed by atoms with Gasteiger partial charge in [0.15, 0.2) is 0 Å². The van der Waals surface area contributed by atoms with Crippen molar-refractivity contribution in [3.63, 3.8) is 0 Å². The summed E-state index contributed by atoms with van der Waals surface area (Å²) >= 11 is 6.49. The number of para-hydroxylation sites is 1. The number of nitrogens with one attached hydrogen (secondary N) is 3. The minimum Gasteiger partial charge on any atom is -0.378 e. The van der Waals surface area contributed by atoms with Gasteiger partial charge in [-0.1, -0.05) is 36.4 Å². The summed E-state index contributed by atoms with van der Waals surface area (Å²) in [6.45, 7) is 6.22. The minimum atomic E-state index is -0.529. The number of nitrogens with zero attached hydrogens (tertiary/aromatic N) is 3. The second kappa shape index (κ2) is 11.9. The summed E-state index contributed by atoms with van der Waals surface area (Å²) in [5, 5.41) is 9.78. The molecule has 0 aliphatic carbocycles. The maximum Gasteiger partial charge on any atom is 0.247 e. The number of halogens is 2. The van der Waals surface area contributed by atoms with Gasteiger partial charge < -0.3 is 25.6 Å². The Kier molecular flexibility index (Phi) is 8.00. The highest BCUT2D eigenvalue weighted by atomic mass is 35.5. The number of morpholine rings is 1. The van der Waals surface area contributed by atoms with E-state index in [-0.39, 0.29) is 5.69 Å². The second-order valence-corrected chi connectivity index (χ2v) is 9.17. The van der Waals surface area contributed by atoms with Crippen LogP contribution < -0.4 is 20.9 Å². The molecule has 1 aliphatic rings. The number of hydrogen-bond acceptors (Lipinski definition) is 7. The van der Waals surface area contributed by atoms with Crippen LogP contribution in [0.5, 0.6) is 0 Å². The maximum absolute atomic E-state index is 14.7. The zero-order valence-corrected chi connectivity index (χ0v) is 21.7. The smallest absolute Gasteiger partial charge is 0.247 e. The van der Waals surface area contributed by atoms with Gasteiger partial charge in [0.25, 0.3) is 0 Å². The van der Waals surface area contributed by atoms with Crippen LogP contribution in [-0.4, -0.2) is 42.2 Å². The van der Waals surface area contributed by atoms with E-state index in [1.165, 1.54) is 12.1 Å². The monoisotopic (exact) mass is 544 g/mol. The molecule has 0 atom stereocenters. The van der Waals surface area contributed by atoms with E-state index in [9.17, 15) is 9.18 Å². The van der Waals surface area contributed by atoms with Crippen molar-refractivity contribution in [1.82, 2.24) is 9.97 Å². The lowest BCUT2D eigenvalue weighted by molar-refractivity contribution is -0.111. The summed E-state index contributed by atoms with van der Waals surface area (Å²) in [6.07, 6.45) is 2.75. The Balaban J connectivity index is 1.51. The fourth-order valence-electron chi connectivity index (χ4n) is 4.19. The number of aromatic nitrogens is 2. The minimum absolute atomic E-state index is 0.279. The fourth-order valence-corrected chi connectivity index (χ4v) is 4.43. The van der Waals surface area contributed by atoms with Crippen molar-refractivity contribution >= 4 is 51.9 Å². The number of ether oxygens (including phenoxy) is 1. The van der Waals surface area contributed by atoms with Gasteiger partial charge in [-0.2, -0.15) is 0 Å². The van der Waals surface area contributed by atoms with Crippen LogP contribution >= 0.6 is 11.6 Å². The van der Waals surface area contributed by atoms with Crippen molar-refractivity contribution < 1.29 is 13.9 Å². The van der Waals surface area contributed by atoms with Crippen LogP contribution in [0.2, 0.25) is 5.02 Å². The summed E-state index contributed by atoms with van der Waals surface area (Å²) in [6, 6.07) is 19.3. The Hall–Kier alpha value is -4.47. The van der Waals surface area contributed by atoms with E-state index in [0.717, 1.165) is 36.2 Å². The number of carbonyl (C=O) groups excluding carboxylic acids is 1. The first-order valence-corrected chi connectivity index (χ1v) is 12.7. The molecule has 39 heavy (non-hydrogen) atoms. The second-order valence-electron chi connectivity index (χ2n) is 8.76. The summed E-state index contributed by atoms with van der Waals surface area (Å²) in [7, 11) is 0. The van der Waals surface area contributed by atoms with E-state index < -0.39 is 11.7 Å². The van der Waals surface area contributed by atoms with Crippen molar-refractivity contribution in [3.05, 3.63) is 96.4 Å². The zero-order chi connectivity index (χ0) is 27.2. The highest BCUT2D eigenvalue weighted by Gasteiger charge is 2.17. The molecule has 0 spiro atoms. The van der Waals surface area contributed by atoms with Crippen LogP contribution in [0.1, 0.15) is 0 Å². The molecule has 198 valence electrons. The van der Waals surface area contributed by atoms with Gasteiger partial charge in [-0.3, -0.25) is 4.79 Å². The normalized spacial score (nSPS) is 13.0. The molecule has 1 fully saturated rings. The molecule has 5 rings (SSSR count). The van der Waals surface area contributed by atoms with Crippen molar-refractivity contribution in [2.24, 2.45) is 0 Å². The van der Waals surface area contributed by atoms with Crippen LogP contribution in [0, 0.1) is 5.82 Å². The first-order chi connectivity index (χ1) is 19.0. The van der Waals surface area contributed by atoms with Crippen LogP contribution in [0.25, 0.3) is 11.3 Å². The Bertz CT molecular complexity index is 1490. The molecule has 0 unspecified atom stereocenters. The quantitative estimate of drug-likeness (QED) is 0.222. The van der Waals surface area contributed by atoms with Gasteiger partial charge in [-0.25, -0.2) is 14.4 Å². The summed E-state index contributed by atoms with van der Waals surface area (Å²) in [5.41, 5.74) is 4.17. The SMILES string of the molecule is C=CC(=O)Nc1cc(F)cc(-c2nc(Nc3ccc(Cl)c(N4CCOCC4)c3)ncc2Nc2ccccc2)c1. The van der Waals surface area contributed by atoms with Crippen molar-refractivity contribution in [3.8, 4) is 11.3 Å². The van der Waals surface area contributed by atoms with E-state index >= 15 is 0 Å². The molecule has 4 aromatic rings. The summed E-state index contributed by atoms with van der Waals surface area (Å²) < 4.78 is 20.1.